The maximum absolute atomic E-state index is 13.0. The summed E-state index contributed by atoms with van der Waals surface area (Å²) < 4.78 is 13.0. The maximum atomic E-state index is 13.0. The highest BCUT2D eigenvalue weighted by atomic mass is 19.1. The van der Waals surface area contributed by atoms with Gasteiger partial charge in [-0.25, -0.2) is 14.4 Å². The normalized spacial score (nSPS) is 17.0. The van der Waals surface area contributed by atoms with Crippen LogP contribution in [-0.2, 0) is 4.79 Å². The smallest absolute Gasteiger partial charge is 0.254 e. The molecule has 0 radical (unpaired) electrons. The molecular weight excluding hydrogens is 313 g/mol. The SMILES string of the molecule is CNc1ncc(C(=O)NC2CC(=O)N(c3ccc(F)cc3)C2)cn1. The summed E-state index contributed by atoms with van der Waals surface area (Å²) in [7, 11) is 1.68. The largest absolute Gasteiger partial charge is 0.357 e. The van der Waals surface area contributed by atoms with Gasteiger partial charge in [-0.05, 0) is 24.3 Å². The Kier molecular flexibility index (Phi) is 4.37. The Morgan fingerprint density at radius 2 is 1.92 bits per heavy atom. The number of amides is 2. The molecule has 124 valence electrons. The summed E-state index contributed by atoms with van der Waals surface area (Å²) >= 11 is 0. The first kappa shape index (κ1) is 15.9. The van der Waals surface area contributed by atoms with Crippen molar-refractivity contribution >= 4 is 23.5 Å². The third-order valence-electron chi connectivity index (χ3n) is 3.74. The zero-order valence-electron chi connectivity index (χ0n) is 13.0. The molecule has 2 heterocycles. The fourth-order valence-electron chi connectivity index (χ4n) is 2.52. The van der Waals surface area contributed by atoms with Crippen LogP contribution in [0.1, 0.15) is 16.8 Å². The predicted molar refractivity (Wildman–Crippen MR) is 86.2 cm³/mol. The number of nitrogens with one attached hydrogen (secondary N) is 2. The molecule has 8 heteroatoms. The van der Waals surface area contributed by atoms with E-state index in [0.717, 1.165) is 0 Å². The highest BCUT2D eigenvalue weighted by molar-refractivity contribution is 5.98. The maximum Gasteiger partial charge on any atom is 0.254 e. The molecule has 0 spiro atoms. The minimum atomic E-state index is -0.361. The first-order valence-electron chi connectivity index (χ1n) is 7.43. The molecule has 0 aliphatic carbocycles. The topological polar surface area (TPSA) is 87.2 Å². The van der Waals surface area contributed by atoms with Gasteiger partial charge in [0, 0.05) is 38.1 Å². The van der Waals surface area contributed by atoms with Gasteiger partial charge in [0.1, 0.15) is 5.82 Å². The van der Waals surface area contributed by atoms with Gasteiger partial charge in [0.25, 0.3) is 5.91 Å². The van der Waals surface area contributed by atoms with E-state index in [4.69, 9.17) is 0 Å². The number of hydrogen-bond acceptors (Lipinski definition) is 5. The van der Waals surface area contributed by atoms with E-state index in [-0.39, 0.29) is 30.1 Å². The molecule has 1 aromatic heterocycles. The summed E-state index contributed by atoms with van der Waals surface area (Å²) in [4.78, 5) is 33.8. The number of carbonyl (C=O) groups is 2. The number of anilines is 2. The number of halogens is 1. The summed E-state index contributed by atoms with van der Waals surface area (Å²) in [5.41, 5.74) is 0.932. The van der Waals surface area contributed by atoms with E-state index in [9.17, 15) is 14.0 Å². The second-order valence-electron chi connectivity index (χ2n) is 5.40. The van der Waals surface area contributed by atoms with E-state index in [2.05, 4.69) is 20.6 Å². The van der Waals surface area contributed by atoms with Gasteiger partial charge in [-0.15, -0.1) is 0 Å². The summed E-state index contributed by atoms with van der Waals surface area (Å²) in [5, 5.41) is 5.57. The van der Waals surface area contributed by atoms with Gasteiger partial charge in [-0.2, -0.15) is 0 Å². The Hall–Kier alpha value is -3.03. The van der Waals surface area contributed by atoms with Crippen molar-refractivity contribution in [2.45, 2.75) is 12.5 Å². The van der Waals surface area contributed by atoms with Crippen LogP contribution >= 0.6 is 0 Å². The lowest BCUT2D eigenvalue weighted by molar-refractivity contribution is -0.117. The molecule has 7 nitrogen and oxygen atoms in total. The van der Waals surface area contributed by atoms with Gasteiger partial charge in [-0.3, -0.25) is 9.59 Å². The van der Waals surface area contributed by atoms with E-state index >= 15 is 0 Å². The number of hydrogen-bond donors (Lipinski definition) is 2. The monoisotopic (exact) mass is 329 g/mol. The van der Waals surface area contributed by atoms with Gasteiger partial charge in [-0.1, -0.05) is 0 Å². The number of carbonyl (C=O) groups excluding carboxylic acids is 2. The highest BCUT2D eigenvalue weighted by Crippen LogP contribution is 2.22. The van der Waals surface area contributed by atoms with Crippen molar-refractivity contribution in [2.24, 2.45) is 0 Å². The molecule has 1 saturated heterocycles. The molecule has 2 amide bonds. The minimum Gasteiger partial charge on any atom is -0.357 e. The predicted octanol–water partition coefficient (Wildman–Crippen LogP) is 1.19. The number of benzene rings is 1. The second kappa shape index (κ2) is 6.61. The lowest BCUT2D eigenvalue weighted by Gasteiger charge is -2.17. The molecule has 1 aromatic carbocycles. The Morgan fingerprint density at radius 3 is 2.54 bits per heavy atom. The molecule has 1 atom stereocenters. The van der Waals surface area contributed by atoms with Gasteiger partial charge in [0.2, 0.25) is 11.9 Å². The van der Waals surface area contributed by atoms with Crippen molar-refractivity contribution in [1.82, 2.24) is 15.3 Å². The molecular formula is C16H16FN5O2. The van der Waals surface area contributed by atoms with Crippen molar-refractivity contribution in [3.8, 4) is 0 Å². The van der Waals surface area contributed by atoms with Gasteiger partial charge in [0.05, 0.1) is 11.6 Å². The standard InChI is InChI=1S/C16H16FN5O2/c1-18-16-19-7-10(8-20-16)15(24)21-12-6-14(23)22(9-12)13-4-2-11(17)3-5-13/h2-5,7-8,12H,6,9H2,1H3,(H,21,24)(H,18,19,20). The summed E-state index contributed by atoms with van der Waals surface area (Å²) in [6.07, 6.45) is 3.03. The van der Waals surface area contributed by atoms with Crippen molar-refractivity contribution in [3.05, 3.63) is 48.0 Å². The molecule has 1 fully saturated rings. The highest BCUT2D eigenvalue weighted by Gasteiger charge is 2.31. The van der Waals surface area contributed by atoms with E-state index in [1.54, 1.807) is 19.2 Å². The zero-order valence-corrected chi connectivity index (χ0v) is 13.0. The van der Waals surface area contributed by atoms with E-state index in [1.807, 2.05) is 0 Å². The second-order valence-corrected chi connectivity index (χ2v) is 5.40. The molecule has 1 unspecified atom stereocenters. The van der Waals surface area contributed by atoms with Gasteiger partial charge >= 0.3 is 0 Å². The average Bonchev–Trinajstić information content (AvgIpc) is 2.96. The molecule has 2 N–H and O–H groups in total. The van der Waals surface area contributed by atoms with Crippen LogP contribution in [0.5, 0.6) is 0 Å². The quantitative estimate of drug-likeness (QED) is 0.880. The van der Waals surface area contributed by atoms with Crippen LogP contribution in [0.2, 0.25) is 0 Å². The van der Waals surface area contributed by atoms with Crippen molar-refractivity contribution in [3.63, 3.8) is 0 Å². The molecule has 0 saturated carbocycles. The van der Waals surface area contributed by atoms with Crippen molar-refractivity contribution in [2.75, 3.05) is 23.8 Å². The molecule has 0 bridgehead atoms. The summed E-state index contributed by atoms with van der Waals surface area (Å²) in [6, 6.07) is 5.37. The van der Waals surface area contributed by atoms with Crippen LogP contribution in [0, 0.1) is 5.82 Å². The van der Waals surface area contributed by atoms with Crippen LogP contribution in [0.3, 0.4) is 0 Å². The Morgan fingerprint density at radius 1 is 1.25 bits per heavy atom. The Bertz CT molecular complexity index is 748. The fourth-order valence-corrected chi connectivity index (χ4v) is 2.52. The van der Waals surface area contributed by atoms with E-state index < -0.39 is 0 Å². The fraction of sp³-hybridized carbons (Fsp3) is 0.250. The van der Waals surface area contributed by atoms with Crippen molar-refractivity contribution < 1.29 is 14.0 Å². The zero-order chi connectivity index (χ0) is 17.1. The third kappa shape index (κ3) is 3.32. The lowest BCUT2D eigenvalue weighted by Crippen LogP contribution is -2.37. The molecule has 1 aliphatic heterocycles. The molecule has 2 aromatic rings. The number of nitrogens with zero attached hydrogens (tertiary/aromatic N) is 3. The van der Waals surface area contributed by atoms with E-state index in [1.165, 1.54) is 29.4 Å². The number of aromatic nitrogens is 2. The minimum absolute atomic E-state index is 0.117. The number of rotatable bonds is 4. The molecule has 1 aliphatic rings. The Balaban J connectivity index is 1.65. The first-order valence-corrected chi connectivity index (χ1v) is 7.43. The molecule has 24 heavy (non-hydrogen) atoms. The van der Waals surface area contributed by atoms with Crippen LogP contribution in [-0.4, -0.2) is 41.4 Å². The van der Waals surface area contributed by atoms with E-state index in [0.29, 0.717) is 23.7 Å². The van der Waals surface area contributed by atoms with Crippen LogP contribution in [0.25, 0.3) is 0 Å². The molecule has 3 rings (SSSR count). The third-order valence-corrected chi connectivity index (χ3v) is 3.74. The average molecular weight is 329 g/mol. The van der Waals surface area contributed by atoms with Gasteiger partial charge in [0.15, 0.2) is 0 Å². The van der Waals surface area contributed by atoms with Crippen LogP contribution in [0.4, 0.5) is 16.0 Å². The van der Waals surface area contributed by atoms with Crippen LogP contribution < -0.4 is 15.5 Å². The first-order chi connectivity index (χ1) is 11.6. The van der Waals surface area contributed by atoms with Gasteiger partial charge < -0.3 is 15.5 Å². The summed E-state index contributed by atoms with van der Waals surface area (Å²) in [6.45, 7) is 0.339. The van der Waals surface area contributed by atoms with Crippen LogP contribution in [0.15, 0.2) is 36.7 Å². The van der Waals surface area contributed by atoms with Crippen molar-refractivity contribution in [1.29, 1.82) is 0 Å². The Labute approximate surface area is 137 Å². The lowest BCUT2D eigenvalue weighted by atomic mass is 10.2. The summed E-state index contributed by atoms with van der Waals surface area (Å²) in [5.74, 6) is -0.393.